The molecule has 152 valence electrons. The zero-order valence-electron chi connectivity index (χ0n) is 17.4. The molecule has 2 N–H and O–H groups in total. The minimum atomic E-state index is 0.443. The highest BCUT2D eigenvalue weighted by Crippen LogP contribution is 2.24. The second-order valence-electron chi connectivity index (χ2n) is 6.49. The molecule has 0 radical (unpaired) electrons. The quantitative estimate of drug-likeness (QED) is 0.510. The Morgan fingerprint density at radius 2 is 1.61 bits per heavy atom. The Morgan fingerprint density at radius 3 is 2.21 bits per heavy atom. The highest BCUT2D eigenvalue weighted by molar-refractivity contribution is 5.79. The number of benzene rings is 2. The molecule has 0 aromatic heterocycles. The lowest BCUT2D eigenvalue weighted by atomic mass is 9.98. The molecule has 1 unspecified atom stereocenters. The van der Waals surface area contributed by atoms with Crippen molar-refractivity contribution in [2.75, 3.05) is 34.9 Å². The fourth-order valence-corrected chi connectivity index (χ4v) is 2.90. The van der Waals surface area contributed by atoms with Crippen LogP contribution in [-0.4, -0.2) is 40.9 Å². The molecule has 0 bridgehead atoms. The molecule has 2 aromatic carbocycles. The van der Waals surface area contributed by atoms with E-state index in [1.165, 1.54) is 5.56 Å². The highest BCUT2D eigenvalue weighted by Gasteiger charge is 2.08. The summed E-state index contributed by atoms with van der Waals surface area (Å²) < 4.78 is 15.9. The second kappa shape index (κ2) is 11.1. The lowest BCUT2D eigenvalue weighted by Gasteiger charge is -2.16. The fourth-order valence-electron chi connectivity index (χ4n) is 2.90. The molecule has 1 atom stereocenters. The molecule has 0 aliphatic carbocycles. The Labute approximate surface area is 167 Å². The van der Waals surface area contributed by atoms with Crippen molar-refractivity contribution in [1.82, 2.24) is 10.6 Å². The molecule has 0 saturated heterocycles. The lowest BCUT2D eigenvalue weighted by Crippen LogP contribution is -2.37. The summed E-state index contributed by atoms with van der Waals surface area (Å²) in [6, 6.07) is 14.0. The first-order valence-electron chi connectivity index (χ1n) is 9.40. The number of nitrogens with zero attached hydrogens (tertiary/aromatic N) is 1. The van der Waals surface area contributed by atoms with Crippen LogP contribution in [0.3, 0.4) is 0 Å². The van der Waals surface area contributed by atoms with Crippen molar-refractivity contribution in [2.45, 2.75) is 25.8 Å². The molecule has 6 heteroatoms. The van der Waals surface area contributed by atoms with Crippen LogP contribution < -0.4 is 24.8 Å². The number of methoxy groups -OCH3 is 3. The molecule has 0 saturated carbocycles. The summed E-state index contributed by atoms with van der Waals surface area (Å²) in [5, 5.41) is 6.70. The maximum atomic E-state index is 5.44. The number of ether oxygens (including phenoxy) is 3. The first kappa shape index (κ1) is 21.4. The van der Waals surface area contributed by atoms with Gasteiger partial charge in [0.1, 0.15) is 17.2 Å². The van der Waals surface area contributed by atoms with Crippen molar-refractivity contribution >= 4 is 5.96 Å². The van der Waals surface area contributed by atoms with Crippen LogP contribution in [0.1, 0.15) is 30.4 Å². The van der Waals surface area contributed by atoms with E-state index in [4.69, 9.17) is 14.2 Å². The van der Waals surface area contributed by atoms with Crippen molar-refractivity contribution in [3.63, 3.8) is 0 Å². The smallest absolute Gasteiger partial charge is 0.191 e. The van der Waals surface area contributed by atoms with E-state index >= 15 is 0 Å². The third-order valence-electron chi connectivity index (χ3n) is 4.72. The van der Waals surface area contributed by atoms with Crippen molar-refractivity contribution in [2.24, 2.45) is 4.99 Å². The average Bonchev–Trinajstić information content (AvgIpc) is 2.75. The maximum Gasteiger partial charge on any atom is 0.191 e. The van der Waals surface area contributed by atoms with Crippen LogP contribution in [0.2, 0.25) is 0 Å². The SMILES string of the molecule is CN=C(NCCC(C)c1ccc(OC)cc1)NCc1ccc(OC)cc1OC. The summed E-state index contributed by atoms with van der Waals surface area (Å²) in [6.45, 7) is 3.66. The second-order valence-corrected chi connectivity index (χ2v) is 6.49. The van der Waals surface area contributed by atoms with E-state index in [1.807, 2.05) is 30.3 Å². The van der Waals surface area contributed by atoms with E-state index in [0.29, 0.717) is 12.5 Å². The molecule has 0 heterocycles. The van der Waals surface area contributed by atoms with Gasteiger partial charge in [0.2, 0.25) is 0 Å². The predicted octanol–water partition coefficient (Wildman–Crippen LogP) is 3.57. The Morgan fingerprint density at radius 1 is 0.929 bits per heavy atom. The monoisotopic (exact) mass is 385 g/mol. The van der Waals surface area contributed by atoms with E-state index in [2.05, 4.69) is 34.7 Å². The summed E-state index contributed by atoms with van der Waals surface area (Å²) in [6.07, 6.45) is 0.999. The number of hydrogen-bond donors (Lipinski definition) is 2. The van der Waals surface area contributed by atoms with Crippen molar-refractivity contribution < 1.29 is 14.2 Å². The van der Waals surface area contributed by atoms with E-state index < -0.39 is 0 Å². The minimum absolute atomic E-state index is 0.443. The van der Waals surface area contributed by atoms with Gasteiger partial charge in [0.25, 0.3) is 0 Å². The van der Waals surface area contributed by atoms with Crippen LogP contribution in [0.25, 0.3) is 0 Å². The van der Waals surface area contributed by atoms with Gasteiger partial charge in [-0.25, -0.2) is 0 Å². The number of guanidine groups is 1. The Bertz CT molecular complexity index is 760. The third kappa shape index (κ3) is 6.08. The molecule has 0 spiro atoms. The van der Waals surface area contributed by atoms with Crippen molar-refractivity contribution in [3.05, 3.63) is 53.6 Å². The normalized spacial score (nSPS) is 12.2. The van der Waals surface area contributed by atoms with Crippen molar-refractivity contribution in [3.8, 4) is 17.2 Å². The lowest BCUT2D eigenvalue weighted by molar-refractivity contribution is 0.390. The van der Waals surface area contributed by atoms with E-state index in [-0.39, 0.29) is 0 Å². The molecule has 0 aliphatic rings. The number of aliphatic imine (C=N–C) groups is 1. The van der Waals surface area contributed by atoms with E-state index in [0.717, 1.165) is 41.7 Å². The largest absolute Gasteiger partial charge is 0.497 e. The van der Waals surface area contributed by atoms with E-state index in [9.17, 15) is 0 Å². The Hall–Kier alpha value is -2.89. The Kier molecular flexibility index (Phi) is 8.46. The molecule has 0 fully saturated rings. The summed E-state index contributed by atoms with van der Waals surface area (Å²) in [5.74, 6) is 3.65. The maximum absolute atomic E-state index is 5.44. The first-order valence-corrected chi connectivity index (χ1v) is 9.40. The molecule has 0 amide bonds. The highest BCUT2D eigenvalue weighted by atomic mass is 16.5. The summed E-state index contributed by atoms with van der Waals surface area (Å²) in [7, 11) is 6.76. The molecule has 0 aliphatic heterocycles. The molecule has 2 aromatic rings. The van der Waals surface area contributed by atoms with Gasteiger partial charge in [-0.1, -0.05) is 19.1 Å². The first-order chi connectivity index (χ1) is 13.6. The average molecular weight is 386 g/mol. The molecular formula is C22H31N3O3. The van der Waals surface area contributed by atoms with Gasteiger partial charge in [0.15, 0.2) is 5.96 Å². The Balaban J connectivity index is 1.82. The molecule has 28 heavy (non-hydrogen) atoms. The zero-order chi connectivity index (χ0) is 20.4. The van der Waals surface area contributed by atoms with Gasteiger partial charge in [0, 0.05) is 31.8 Å². The number of hydrogen-bond acceptors (Lipinski definition) is 4. The molecular weight excluding hydrogens is 354 g/mol. The van der Waals surface area contributed by atoms with Gasteiger partial charge >= 0.3 is 0 Å². The van der Waals surface area contributed by atoms with Crippen LogP contribution in [0.5, 0.6) is 17.2 Å². The third-order valence-corrected chi connectivity index (χ3v) is 4.72. The summed E-state index contributed by atoms with van der Waals surface area (Å²) in [4.78, 5) is 4.30. The molecule has 6 nitrogen and oxygen atoms in total. The van der Waals surface area contributed by atoms with Crippen molar-refractivity contribution in [1.29, 1.82) is 0 Å². The molecule has 2 rings (SSSR count). The van der Waals surface area contributed by atoms with Crippen LogP contribution in [0.4, 0.5) is 0 Å². The zero-order valence-corrected chi connectivity index (χ0v) is 17.4. The topological polar surface area (TPSA) is 64.1 Å². The van der Waals surface area contributed by atoms with Gasteiger partial charge < -0.3 is 24.8 Å². The standard InChI is InChI=1S/C22H31N3O3/c1-16(17-6-9-19(26-3)10-7-17)12-13-24-22(23-2)25-15-18-8-11-20(27-4)14-21(18)28-5/h6-11,14,16H,12-13,15H2,1-5H3,(H2,23,24,25). The number of nitrogens with one attached hydrogen (secondary N) is 2. The predicted molar refractivity (Wildman–Crippen MR) is 114 cm³/mol. The van der Waals surface area contributed by atoms with Gasteiger partial charge in [-0.05, 0) is 42.2 Å². The van der Waals surface area contributed by atoms with Gasteiger partial charge in [-0.15, -0.1) is 0 Å². The number of rotatable bonds is 9. The van der Waals surface area contributed by atoms with Gasteiger partial charge in [0.05, 0.1) is 21.3 Å². The van der Waals surface area contributed by atoms with Crippen LogP contribution in [-0.2, 0) is 6.54 Å². The van der Waals surface area contributed by atoms with Crippen LogP contribution in [0, 0.1) is 0 Å². The van der Waals surface area contributed by atoms with E-state index in [1.54, 1.807) is 28.4 Å². The van der Waals surface area contributed by atoms with Crippen LogP contribution >= 0.6 is 0 Å². The van der Waals surface area contributed by atoms with Crippen LogP contribution in [0.15, 0.2) is 47.5 Å². The minimum Gasteiger partial charge on any atom is -0.497 e. The van der Waals surface area contributed by atoms with Gasteiger partial charge in [-0.3, -0.25) is 4.99 Å². The fraction of sp³-hybridized carbons (Fsp3) is 0.409. The summed E-state index contributed by atoms with van der Waals surface area (Å²) in [5.41, 5.74) is 2.34. The van der Waals surface area contributed by atoms with Gasteiger partial charge in [-0.2, -0.15) is 0 Å². The summed E-state index contributed by atoms with van der Waals surface area (Å²) >= 11 is 0.